The van der Waals surface area contributed by atoms with Gasteiger partial charge in [0.1, 0.15) is 0 Å². The van der Waals surface area contributed by atoms with Crippen LogP contribution in [0.5, 0.6) is 0 Å². The van der Waals surface area contributed by atoms with Crippen molar-refractivity contribution in [1.29, 1.82) is 0 Å². The summed E-state index contributed by atoms with van der Waals surface area (Å²) in [5.41, 5.74) is 0. The quantitative estimate of drug-likeness (QED) is 0.588. The van der Waals surface area contributed by atoms with Crippen LogP contribution in [0.2, 0.25) is 0 Å². The van der Waals surface area contributed by atoms with E-state index in [1.807, 2.05) is 11.8 Å². The highest BCUT2D eigenvalue weighted by Gasteiger charge is 2.25. The monoisotopic (exact) mass is 169 g/mol. The van der Waals surface area contributed by atoms with E-state index in [4.69, 9.17) is 0 Å². The normalized spacial score (nSPS) is 30.4. The summed E-state index contributed by atoms with van der Waals surface area (Å²) < 4.78 is 0. The molecule has 1 saturated heterocycles. The Morgan fingerprint density at radius 2 is 2.17 bits per heavy atom. The van der Waals surface area contributed by atoms with Gasteiger partial charge in [0.25, 0.3) is 0 Å². The van der Waals surface area contributed by atoms with E-state index in [-0.39, 0.29) is 0 Å². The number of carbonyl (C=O) groups is 1. The maximum absolute atomic E-state index is 11.4. The zero-order valence-electron chi connectivity index (χ0n) is 8.34. The second-order valence-corrected chi connectivity index (χ2v) is 3.92. The zero-order chi connectivity index (χ0) is 9.14. The van der Waals surface area contributed by atoms with Gasteiger partial charge in [-0.3, -0.25) is 4.79 Å². The van der Waals surface area contributed by atoms with Crippen molar-refractivity contribution in [3.05, 3.63) is 0 Å². The SMILES string of the molecule is CCC(=O)N1CCC(C)CC1C. The number of likely N-dealkylation sites (tertiary alicyclic amines) is 1. The van der Waals surface area contributed by atoms with E-state index in [0.717, 1.165) is 12.5 Å². The Labute approximate surface area is 74.9 Å². The zero-order valence-corrected chi connectivity index (χ0v) is 8.34. The number of rotatable bonds is 1. The van der Waals surface area contributed by atoms with Crippen molar-refractivity contribution in [1.82, 2.24) is 4.90 Å². The fourth-order valence-corrected chi connectivity index (χ4v) is 1.98. The maximum atomic E-state index is 11.4. The van der Waals surface area contributed by atoms with Gasteiger partial charge < -0.3 is 4.90 Å². The second-order valence-electron chi connectivity index (χ2n) is 3.92. The van der Waals surface area contributed by atoms with Crippen molar-refractivity contribution in [2.75, 3.05) is 6.54 Å². The largest absolute Gasteiger partial charge is 0.340 e. The minimum Gasteiger partial charge on any atom is -0.340 e. The molecule has 1 aliphatic rings. The van der Waals surface area contributed by atoms with Crippen LogP contribution in [0.4, 0.5) is 0 Å². The van der Waals surface area contributed by atoms with E-state index >= 15 is 0 Å². The number of nitrogens with zero attached hydrogens (tertiary/aromatic N) is 1. The molecule has 1 rings (SSSR count). The third-order valence-electron chi connectivity index (χ3n) is 2.76. The van der Waals surface area contributed by atoms with Gasteiger partial charge in [0.2, 0.25) is 5.91 Å². The molecule has 2 heteroatoms. The lowest BCUT2D eigenvalue weighted by atomic mass is 9.93. The first-order valence-corrected chi connectivity index (χ1v) is 4.94. The lowest BCUT2D eigenvalue weighted by Gasteiger charge is -2.36. The molecular formula is C10H19NO. The molecule has 0 aliphatic carbocycles. The van der Waals surface area contributed by atoms with Gasteiger partial charge in [-0.2, -0.15) is 0 Å². The van der Waals surface area contributed by atoms with Crippen molar-refractivity contribution in [3.63, 3.8) is 0 Å². The Morgan fingerprint density at radius 1 is 1.50 bits per heavy atom. The summed E-state index contributed by atoms with van der Waals surface area (Å²) in [4.78, 5) is 13.4. The number of hydrogen-bond acceptors (Lipinski definition) is 1. The molecule has 0 aromatic heterocycles. The molecule has 0 spiro atoms. The fraction of sp³-hybridized carbons (Fsp3) is 0.900. The summed E-state index contributed by atoms with van der Waals surface area (Å²) in [6.07, 6.45) is 3.00. The number of carbonyl (C=O) groups excluding carboxylic acids is 1. The van der Waals surface area contributed by atoms with Gasteiger partial charge in [0.05, 0.1) is 0 Å². The van der Waals surface area contributed by atoms with Gasteiger partial charge >= 0.3 is 0 Å². The van der Waals surface area contributed by atoms with Crippen LogP contribution in [-0.4, -0.2) is 23.4 Å². The molecule has 1 aliphatic heterocycles. The molecule has 0 bridgehead atoms. The Hall–Kier alpha value is -0.530. The molecule has 1 heterocycles. The van der Waals surface area contributed by atoms with Crippen LogP contribution < -0.4 is 0 Å². The average Bonchev–Trinajstić information content (AvgIpc) is 2.03. The molecule has 0 saturated carbocycles. The molecule has 0 radical (unpaired) electrons. The van der Waals surface area contributed by atoms with Gasteiger partial charge in [-0.15, -0.1) is 0 Å². The summed E-state index contributed by atoms with van der Waals surface area (Å²) in [5.74, 6) is 1.11. The standard InChI is InChI=1S/C10H19NO/c1-4-10(12)11-6-5-8(2)7-9(11)3/h8-9H,4-7H2,1-3H3. The molecule has 0 aromatic rings. The van der Waals surface area contributed by atoms with Crippen LogP contribution in [0.15, 0.2) is 0 Å². The molecule has 1 fully saturated rings. The van der Waals surface area contributed by atoms with Crippen molar-refractivity contribution >= 4 is 5.91 Å². The van der Waals surface area contributed by atoms with Crippen molar-refractivity contribution in [3.8, 4) is 0 Å². The van der Waals surface area contributed by atoms with Crippen LogP contribution in [0.3, 0.4) is 0 Å². The highest BCUT2D eigenvalue weighted by atomic mass is 16.2. The Morgan fingerprint density at radius 3 is 2.67 bits per heavy atom. The molecule has 0 aromatic carbocycles. The number of hydrogen-bond donors (Lipinski definition) is 0. The summed E-state index contributed by atoms with van der Waals surface area (Å²) in [7, 11) is 0. The topological polar surface area (TPSA) is 20.3 Å². The van der Waals surface area contributed by atoms with Crippen molar-refractivity contribution < 1.29 is 4.79 Å². The first-order valence-electron chi connectivity index (χ1n) is 4.94. The highest BCUT2D eigenvalue weighted by Crippen LogP contribution is 2.22. The van der Waals surface area contributed by atoms with E-state index in [2.05, 4.69) is 13.8 Å². The van der Waals surface area contributed by atoms with Crippen LogP contribution in [0.25, 0.3) is 0 Å². The lowest BCUT2D eigenvalue weighted by molar-refractivity contribution is -0.134. The summed E-state index contributed by atoms with van der Waals surface area (Å²) in [6, 6.07) is 0.459. The third kappa shape index (κ3) is 1.99. The van der Waals surface area contributed by atoms with E-state index in [9.17, 15) is 4.79 Å². The van der Waals surface area contributed by atoms with E-state index < -0.39 is 0 Å². The van der Waals surface area contributed by atoms with Crippen LogP contribution in [0, 0.1) is 5.92 Å². The predicted molar refractivity (Wildman–Crippen MR) is 49.9 cm³/mol. The molecular weight excluding hydrogens is 150 g/mol. The van der Waals surface area contributed by atoms with Gasteiger partial charge in [-0.25, -0.2) is 0 Å². The minimum atomic E-state index is 0.314. The predicted octanol–water partition coefficient (Wildman–Crippen LogP) is 2.04. The van der Waals surface area contributed by atoms with Gasteiger partial charge in [0, 0.05) is 19.0 Å². The maximum Gasteiger partial charge on any atom is 0.222 e. The lowest BCUT2D eigenvalue weighted by Crippen LogP contribution is -2.43. The molecule has 0 N–H and O–H groups in total. The minimum absolute atomic E-state index is 0.314. The Balaban J connectivity index is 2.50. The number of piperidine rings is 1. The van der Waals surface area contributed by atoms with Crippen molar-refractivity contribution in [2.24, 2.45) is 5.92 Å². The Kier molecular flexibility index (Phi) is 3.12. The Bertz CT molecular complexity index is 167. The smallest absolute Gasteiger partial charge is 0.222 e. The van der Waals surface area contributed by atoms with Crippen LogP contribution >= 0.6 is 0 Å². The average molecular weight is 169 g/mol. The number of amides is 1. The highest BCUT2D eigenvalue weighted by molar-refractivity contribution is 5.76. The second kappa shape index (κ2) is 3.92. The molecule has 70 valence electrons. The van der Waals surface area contributed by atoms with Gasteiger partial charge in [0.15, 0.2) is 0 Å². The van der Waals surface area contributed by atoms with Crippen molar-refractivity contribution in [2.45, 2.75) is 46.1 Å². The summed E-state index contributed by atoms with van der Waals surface area (Å²) in [5, 5.41) is 0. The summed E-state index contributed by atoms with van der Waals surface area (Å²) in [6.45, 7) is 7.33. The third-order valence-corrected chi connectivity index (χ3v) is 2.76. The summed E-state index contributed by atoms with van der Waals surface area (Å²) >= 11 is 0. The van der Waals surface area contributed by atoms with E-state index in [1.54, 1.807) is 0 Å². The first kappa shape index (κ1) is 9.56. The van der Waals surface area contributed by atoms with E-state index in [1.165, 1.54) is 12.8 Å². The molecule has 2 nitrogen and oxygen atoms in total. The molecule has 2 atom stereocenters. The van der Waals surface area contributed by atoms with E-state index in [0.29, 0.717) is 18.4 Å². The fourth-order valence-electron chi connectivity index (χ4n) is 1.98. The molecule has 1 amide bonds. The van der Waals surface area contributed by atoms with Gasteiger partial charge in [-0.1, -0.05) is 13.8 Å². The first-order chi connectivity index (χ1) is 5.65. The van der Waals surface area contributed by atoms with Crippen LogP contribution in [-0.2, 0) is 4.79 Å². The van der Waals surface area contributed by atoms with Gasteiger partial charge in [-0.05, 0) is 25.7 Å². The molecule has 12 heavy (non-hydrogen) atoms. The van der Waals surface area contributed by atoms with Crippen LogP contribution in [0.1, 0.15) is 40.0 Å². The molecule has 2 unspecified atom stereocenters.